The van der Waals surface area contributed by atoms with Gasteiger partial charge >= 0.3 is 0 Å². The van der Waals surface area contributed by atoms with Crippen molar-refractivity contribution in [1.82, 2.24) is 5.16 Å². The van der Waals surface area contributed by atoms with E-state index in [1.54, 1.807) is 0 Å². The molecule has 14 heavy (non-hydrogen) atoms. The molecule has 1 aromatic heterocycles. The highest BCUT2D eigenvalue weighted by Crippen LogP contribution is 2.24. The Kier molecular flexibility index (Phi) is 1.67. The zero-order valence-electron chi connectivity index (χ0n) is 7.47. The quantitative estimate of drug-likeness (QED) is 0.691. The third-order valence-corrected chi connectivity index (χ3v) is 2.15. The van der Waals surface area contributed by atoms with Gasteiger partial charge in [0.25, 0.3) is 5.88 Å². The highest BCUT2D eigenvalue weighted by molar-refractivity contribution is 5.81. The second-order valence-corrected chi connectivity index (χ2v) is 3.25. The topological polar surface area (TPSA) is 47.8 Å². The van der Waals surface area contributed by atoms with Crippen molar-refractivity contribution in [2.75, 3.05) is 13.2 Å². The number of rotatable bonds is 3. The molecule has 2 heterocycles. The maximum atomic E-state index is 5.45. The lowest BCUT2D eigenvalue weighted by Crippen LogP contribution is -2.04. The maximum absolute atomic E-state index is 5.45. The Morgan fingerprint density at radius 1 is 1.43 bits per heavy atom. The van der Waals surface area contributed by atoms with Crippen molar-refractivity contribution < 1.29 is 14.0 Å². The first kappa shape index (κ1) is 7.82. The third-order valence-electron chi connectivity index (χ3n) is 2.15. The SMILES string of the molecule is c1ccc2c(OCC3CO3)noc2c1. The van der Waals surface area contributed by atoms with Crippen LogP contribution in [-0.4, -0.2) is 24.5 Å². The van der Waals surface area contributed by atoms with E-state index in [1.807, 2.05) is 24.3 Å². The molecular formula is C10H9NO3. The minimum absolute atomic E-state index is 0.241. The molecule has 0 bridgehead atoms. The Morgan fingerprint density at radius 3 is 3.14 bits per heavy atom. The second kappa shape index (κ2) is 2.99. The number of aromatic nitrogens is 1. The summed E-state index contributed by atoms with van der Waals surface area (Å²) in [6, 6.07) is 7.62. The molecule has 2 aromatic rings. The van der Waals surface area contributed by atoms with Crippen molar-refractivity contribution in [3.8, 4) is 5.88 Å². The average molecular weight is 191 g/mol. The summed E-state index contributed by atoms with van der Waals surface area (Å²) in [5.74, 6) is 0.552. The molecule has 0 radical (unpaired) electrons. The van der Waals surface area contributed by atoms with E-state index in [0.717, 1.165) is 17.6 Å². The van der Waals surface area contributed by atoms with E-state index in [4.69, 9.17) is 14.0 Å². The standard InChI is InChI=1S/C10H9NO3/c1-2-4-9-8(3-1)10(11-14-9)13-6-7-5-12-7/h1-4,7H,5-6H2. The summed E-state index contributed by atoms with van der Waals surface area (Å²) < 4.78 is 15.6. The molecule has 0 spiro atoms. The average Bonchev–Trinajstić information content (AvgIpc) is 2.96. The van der Waals surface area contributed by atoms with Gasteiger partial charge in [-0.25, -0.2) is 0 Å². The molecule has 0 N–H and O–H groups in total. The van der Waals surface area contributed by atoms with Crippen molar-refractivity contribution in [2.45, 2.75) is 6.10 Å². The van der Waals surface area contributed by atoms with Gasteiger partial charge in [-0.1, -0.05) is 12.1 Å². The molecule has 1 aliphatic rings. The van der Waals surface area contributed by atoms with Crippen LogP contribution in [0, 0.1) is 0 Å². The molecular weight excluding hydrogens is 182 g/mol. The predicted molar refractivity (Wildman–Crippen MR) is 49.2 cm³/mol. The van der Waals surface area contributed by atoms with Crippen LogP contribution in [0.25, 0.3) is 11.0 Å². The molecule has 72 valence electrons. The van der Waals surface area contributed by atoms with Crippen LogP contribution in [0.5, 0.6) is 5.88 Å². The summed E-state index contributed by atoms with van der Waals surface area (Å²) in [4.78, 5) is 0. The number of para-hydroxylation sites is 1. The molecule has 1 unspecified atom stereocenters. The van der Waals surface area contributed by atoms with Gasteiger partial charge < -0.3 is 14.0 Å². The van der Waals surface area contributed by atoms with Crippen LogP contribution in [0.4, 0.5) is 0 Å². The normalized spacial score (nSPS) is 19.9. The minimum atomic E-state index is 0.241. The van der Waals surface area contributed by atoms with Crippen LogP contribution in [0.3, 0.4) is 0 Å². The lowest BCUT2D eigenvalue weighted by molar-refractivity contribution is 0.245. The predicted octanol–water partition coefficient (Wildman–Crippen LogP) is 1.61. The van der Waals surface area contributed by atoms with Gasteiger partial charge in [-0.3, -0.25) is 0 Å². The maximum Gasteiger partial charge on any atom is 0.262 e. The Morgan fingerprint density at radius 2 is 2.29 bits per heavy atom. The van der Waals surface area contributed by atoms with Gasteiger partial charge in [0.2, 0.25) is 0 Å². The molecule has 0 aliphatic carbocycles. The zero-order valence-corrected chi connectivity index (χ0v) is 7.47. The van der Waals surface area contributed by atoms with Gasteiger partial charge in [-0.05, 0) is 17.3 Å². The third kappa shape index (κ3) is 1.33. The minimum Gasteiger partial charge on any atom is -0.472 e. The van der Waals surface area contributed by atoms with Gasteiger partial charge in [0, 0.05) is 0 Å². The lowest BCUT2D eigenvalue weighted by Gasteiger charge is -1.97. The summed E-state index contributed by atoms with van der Waals surface area (Å²) >= 11 is 0. The van der Waals surface area contributed by atoms with E-state index < -0.39 is 0 Å². The van der Waals surface area contributed by atoms with Crippen LogP contribution in [0.1, 0.15) is 0 Å². The number of hydrogen-bond donors (Lipinski definition) is 0. The highest BCUT2D eigenvalue weighted by Gasteiger charge is 2.24. The van der Waals surface area contributed by atoms with Crippen molar-refractivity contribution >= 4 is 11.0 Å². The Balaban J connectivity index is 1.87. The van der Waals surface area contributed by atoms with E-state index >= 15 is 0 Å². The fourth-order valence-electron chi connectivity index (χ4n) is 1.30. The molecule has 0 amide bonds. The summed E-state index contributed by atoms with van der Waals surface area (Å²) in [6.07, 6.45) is 0.241. The van der Waals surface area contributed by atoms with Crippen molar-refractivity contribution in [3.63, 3.8) is 0 Å². The van der Waals surface area contributed by atoms with E-state index in [-0.39, 0.29) is 6.10 Å². The van der Waals surface area contributed by atoms with Crippen molar-refractivity contribution in [2.24, 2.45) is 0 Å². The molecule has 0 saturated carbocycles. The van der Waals surface area contributed by atoms with Gasteiger partial charge in [0.05, 0.1) is 12.0 Å². The molecule has 1 fully saturated rings. The van der Waals surface area contributed by atoms with E-state index in [9.17, 15) is 0 Å². The largest absolute Gasteiger partial charge is 0.472 e. The molecule has 3 rings (SSSR count). The Hall–Kier alpha value is -1.55. The molecule has 4 nitrogen and oxygen atoms in total. The van der Waals surface area contributed by atoms with Gasteiger partial charge in [-0.2, -0.15) is 0 Å². The van der Waals surface area contributed by atoms with Gasteiger partial charge in [0.15, 0.2) is 5.58 Å². The number of nitrogens with zero attached hydrogens (tertiary/aromatic N) is 1. The molecule has 1 saturated heterocycles. The first-order valence-corrected chi connectivity index (χ1v) is 4.52. The van der Waals surface area contributed by atoms with Crippen LogP contribution < -0.4 is 4.74 Å². The summed E-state index contributed by atoms with van der Waals surface area (Å²) in [6.45, 7) is 1.34. The number of fused-ring (bicyclic) bond motifs is 1. The van der Waals surface area contributed by atoms with Crippen LogP contribution in [-0.2, 0) is 4.74 Å². The first-order chi connectivity index (χ1) is 6.93. The van der Waals surface area contributed by atoms with Gasteiger partial charge in [-0.15, -0.1) is 0 Å². The van der Waals surface area contributed by atoms with E-state index in [2.05, 4.69) is 5.16 Å². The molecule has 1 aliphatic heterocycles. The summed E-state index contributed by atoms with van der Waals surface area (Å²) in [7, 11) is 0. The van der Waals surface area contributed by atoms with Gasteiger partial charge in [0.1, 0.15) is 12.7 Å². The van der Waals surface area contributed by atoms with E-state index in [1.165, 1.54) is 0 Å². The van der Waals surface area contributed by atoms with E-state index in [0.29, 0.717) is 12.5 Å². The van der Waals surface area contributed by atoms with Crippen LogP contribution >= 0.6 is 0 Å². The number of benzene rings is 1. The zero-order chi connectivity index (χ0) is 9.38. The Labute approximate surface area is 80.4 Å². The van der Waals surface area contributed by atoms with Crippen molar-refractivity contribution in [1.29, 1.82) is 0 Å². The summed E-state index contributed by atoms with van der Waals surface area (Å²) in [5.41, 5.74) is 0.749. The fraction of sp³-hybridized carbons (Fsp3) is 0.300. The Bertz CT molecular complexity index is 447. The second-order valence-electron chi connectivity index (χ2n) is 3.25. The summed E-state index contributed by atoms with van der Waals surface area (Å²) in [5, 5.41) is 4.75. The number of epoxide rings is 1. The lowest BCUT2D eigenvalue weighted by atomic mass is 10.3. The smallest absolute Gasteiger partial charge is 0.262 e. The van der Waals surface area contributed by atoms with Crippen LogP contribution in [0.15, 0.2) is 28.8 Å². The fourth-order valence-corrected chi connectivity index (χ4v) is 1.30. The first-order valence-electron chi connectivity index (χ1n) is 4.52. The molecule has 1 atom stereocenters. The number of hydrogen-bond acceptors (Lipinski definition) is 4. The number of ether oxygens (including phenoxy) is 2. The molecule has 4 heteroatoms. The van der Waals surface area contributed by atoms with Crippen molar-refractivity contribution in [3.05, 3.63) is 24.3 Å². The molecule has 1 aromatic carbocycles. The highest BCUT2D eigenvalue weighted by atomic mass is 16.6. The monoisotopic (exact) mass is 191 g/mol. The van der Waals surface area contributed by atoms with Crippen LogP contribution in [0.2, 0.25) is 0 Å².